The summed E-state index contributed by atoms with van der Waals surface area (Å²) in [5.74, 6) is 1.06. The number of nitrogens with two attached hydrogens (primary N) is 1. The lowest BCUT2D eigenvalue weighted by Crippen LogP contribution is -2.19. The van der Waals surface area contributed by atoms with Gasteiger partial charge in [0.1, 0.15) is 5.25 Å². The molecule has 0 spiro atoms. The molecule has 0 fully saturated rings. The van der Waals surface area contributed by atoms with Crippen LogP contribution in [0.1, 0.15) is 30.2 Å². The highest BCUT2D eigenvalue weighted by atomic mass is 32.2. The molecular formula is C13H16N2OS. The van der Waals surface area contributed by atoms with Gasteiger partial charge in [-0.05, 0) is 29.4 Å². The van der Waals surface area contributed by atoms with Crippen LogP contribution in [0.2, 0.25) is 0 Å². The van der Waals surface area contributed by atoms with E-state index in [4.69, 9.17) is 11.0 Å². The molecule has 0 aliphatic carbocycles. The second kappa shape index (κ2) is 6.31. The lowest BCUT2D eigenvalue weighted by atomic mass is 10.1. The third kappa shape index (κ3) is 4.12. The highest BCUT2D eigenvalue weighted by Crippen LogP contribution is 2.30. The van der Waals surface area contributed by atoms with Crippen LogP contribution in [0.5, 0.6) is 0 Å². The molecular weight excluding hydrogens is 232 g/mol. The van der Waals surface area contributed by atoms with E-state index >= 15 is 0 Å². The van der Waals surface area contributed by atoms with Crippen molar-refractivity contribution in [2.24, 2.45) is 11.7 Å². The predicted molar refractivity (Wildman–Crippen MR) is 70.4 cm³/mol. The summed E-state index contributed by atoms with van der Waals surface area (Å²) in [5, 5.41) is 8.38. The molecule has 0 radical (unpaired) electrons. The molecule has 0 saturated heterocycles. The normalized spacial score (nSPS) is 12.1. The van der Waals surface area contributed by atoms with Crippen LogP contribution in [0.3, 0.4) is 0 Å². The number of hydrogen-bond acceptors (Lipinski definition) is 3. The molecule has 17 heavy (non-hydrogen) atoms. The highest BCUT2D eigenvalue weighted by molar-refractivity contribution is 8.00. The molecule has 0 unspecified atom stereocenters. The quantitative estimate of drug-likeness (QED) is 0.870. The van der Waals surface area contributed by atoms with Gasteiger partial charge in [-0.2, -0.15) is 5.26 Å². The first-order valence-corrected chi connectivity index (χ1v) is 6.50. The van der Waals surface area contributed by atoms with E-state index in [-0.39, 0.29) is 11.2 Å². The van der Waals surface area contributed by atoms with E-state index in [9.17, 15) is 4.79 Å². The van der Waals surface area contributed by atoms with E-state index in [1.54, 1.807) is 36.0 Å². The largest absolute Gasteiger partial charge is 0.368 e. The van der Waals surface area contributed by atoms with Gasteiger partial charge in [0.05, 0.1) is 11.6 Å². The molecule has 0 aliphatic heterocycles. The van der Waals surface area contributed by atoms with Crippen LogP contribution in [-0.4, -0.2) is 11.7 Å². The van der Waals surface area contributed by atoms with Crippen LogP contribution in [-0.2, 0) is 4.79 Å². The average Bonchev–Trinajstić information content (AvgIpc) is 2.29. The van der Waals surface area contributed by atoms with Crippen LogP contribution < -0.4 is 5.73 Å². The predicted octanol–water partition coefficient (Wildman–Crippen LogP) is 2.47. The van der Waals surface area contributed by atoms with E-state index in [0.29, 0.717) is 11.5 Å². The summed E-state index contributed by atoms with van der Waals surface area (Å²) in [7, 11) is 0. The van der Waals surface area contributed by atoms with Crippen molar-refractivity contribution < 1.29 is 4.79 Å². The van der Waals surface area contributed by atoms with Crippen LogP contribution in [0.25, 0.3) is 0 Å². The van der Waals surface area contributed by atoms with Crippen LogP contribution in [0.4, 0.5) is 0 Å². The lowest BCUT2D eigenvalue weighted by Gasteiger charge is -2.14. The summed E-state index contributed by atoms with van der Waals surface area (Å²) in [6.45, 7) is 4.20. The van der Waals surface area contributed by atoms with E-state index < -0.39 is 0 Å². The first kappa shape index (κ1) is 13.6. The zero-order valence-electron chi connectivity index (χ0n) is 10.0. The minimum absolute atomic E-state index is 0.329. The molecule has 1 aromatic carbocycles. The molecule has 1 aromatic rings. The van der Waals surface area contributed by atoms with Crippen LogP contribution >= 0.6 is 11.8 Å². The Bertz CT molecular complexity index is 420. The van der Waals surface area contributed by atoms with Gasteiger partial charge in [0.15, 0.2) is 0 Å². The number of thioether (sulfide) groups is 1. The molecule has 4 heteroatoms. The Morgan fingerprint density at radius 3 is 2.41 bits per heavy atom. The standard InChI is InChI=1S/C13H16N2OS/c1-9(2)8-17-12(13(15)16)11-5-3-10(7-14)4-6-11/h3-6,9,12H,8H2,1-2H3,(H2,15,16)/t12-/m0/s1. The fourth-order valence-corrected chi connectivity index (χ4v) is 2.45. The summed E-state index contributed by atoms with van der Waals surface area (Å²) in [6, 6.07) is 9.05. The van der Waals surface area contributed by atoms with Crippen molar-refractivity contribution in [3.63, 3.8) is 0 Å². The number of amides is 1. The van der Waals surface area contributed by atoms with Crippen LogP contribution in [0.15, 0.2) is 24.3 Å². The number of primary amides is 1. The number of hydrogen-bond donors (Lipinski definition) is 1. The Kier molecular flexibility index (Phi) is 5.05. The van der Waals surface area contributed by atoms with Gasteiger partial charge in [0, 0.05) is 0 Å². The molecule has 3 nitrogen and oxygen atoms in total. The van der Waals surface area contributed by atoms with Crippen molar-refractivity contribution in [2.75, 3.05) is 5.75 Å². The van der Waals surface area contributed by atoms with Gasteiger partial charge in [0.25, 0.3) is 0 Å². The second-order valence-corrected chi connectivity index (χ2v) is 5.38. The molecule has 1 atom stereocenters. The Balaban J connectivity index is 2.83. The smallest absolute Gasteiger partial charge is 0.235 e. The average molecular weight is 248 g/mol. The molecule has 0 aliphatic rings. The maximum Gasteiger partial charge on any atom is 0.235 e. The molecule has 0 bridgehead atoms. The molecule has 2 N–H and O–H groups in total. The SMILES string of the molecule is CC(C)CS[C@H](C(N)=O)c1ccc(C#N)cc1. The molecule has 0 aromatic heterocycles. The summed E-state index contributed by atoms with van der Waals surface area (Å²) in [6.07, 6.45) is 0. The number of nitrogens with zero attached hydrogens (tertiary/aromatic N) is 1. The summed E-state index contributed by atoms with van der Waals surface area (Å²) in [5.41, 5.74) is 6.85. The van der Waals surface area contributed by atoms with E-state index in [1.165, 1.54) is 0 Å². The monoisotopic (exact) mass is 248 g/mol. The van der Waals surface area contributed by atoms with Crippen molar-refractivity contribution >= 4 is 17.7 Å². The highest BCUT2D eigenvalue weighted by Gasteiger charge is 2.18. The second-order valence-electron chi connectivity index (χ2n) is 4.24. The first-order chi connectivity index (χ1) is 8.04. The topological polar surface area (TPSA) is 66.9 Å². The summed E-state index contributed by atoms with van der Waals surface area (Å²) in [4.78, 5) is 11.4. The number of nitriles is 1. The number of carbonyl (C=O) groups excluding carboxylic acids is 1. The zero-order valence-corrected chi connectivity index (χ0v) is 10.8. The van der Waals surface area contributed by atoms with Crippen molar-refractivity contribution in [2.45, 2.75) is 19.1 Å². The van der Waals surface area contributed by atoms with Gasteiger partial charge < -0.3 is 5.73 Å². The molecule has 90 valence electrons. The maximum absolute atomic E-state index is 11.4. The number of benzene rings is 1. The van der Waals surface area contributed by atoms with Gasteiger partial charge in [0.2, 0.25) is 5.91 Å². The fourth-order valence-electron chi connectivity index (χ4n) is 1.36. The Morgan fingerprint density at radius 2 is 2.00 bits per heavy atom. The summed E-state index contributed by atoms with van der Waals surface area (Å²) < 4.78 is 0. The Labute approximate surface area is 106 Å². The van der Waals surface area contributed by atoms with Crippen molar-refractivity contribution in [3.8, 4) is 6.07 Å². The molecule has 1 rings (SSSR count). The Morgan fingerprint density at radius 1 is 1.41 bits per heavy atom. The van der Waals surface area contributed by atoms with E-state index in [2.05, 4.69) is 13.8 Å². The fraction of sp³-hybridized carbons (Fsp3) is 0.385. The van der Waals surface area contributed by atoms with Crippen LogP contribution in [0, 0.1) is 17.2 Å². The van der Waals surface area contributed by atoms with Gasteiger partial charge in [-0.1, -0.05) is 26.0 Å². The van der Waals surface area contributed by atoms with E-state index in [1.807, 2.05) is 6.07 Å². The van der Waals surface area contributed by atoms with Gasteiger partial charge in [-0.3, -0.25) is 4.79 Å². The van der Waals surface area contributed by atoms with Gasteiger partial charge in [-0.25, -0.2) is 0 Å². The third-order valence-electron chi connectivity index (χ3n) is 2.20. The first-order valence-electron chi connectivity index (χ1n) is 5.45. The minimum Gasteiger partial charge on any atom is -0.368 e. The molecule has 1 amide bonds. The van der Waals surface area contributed by atoms with Crippen molar-refractivity contribution in [1.82, 2.24) is 0 Å². The number of rotatable bonds is 5. The van der Waals surface area contributed by atoms with Gasteiger partial charge >= 0.3 is 0 Å². The van der Waals surface area contributed by atoms with Gasteiger partial charge in [-0.15, -0.1) is 11.8 Å². The lowest BCUT2D eigenvalue weighted by molar-refractivity contribution is -0.117. The third-order valence-corrected chi connectivity index (χ3v) is 3.89. The minimum atomic E-state index is -0.333. The zero-order chi connectivity index (χ0) is 12.8. The van der Waals surface area contributed by atoms with Crippen molar-refractivity contribution in [3.05, 3.63) is 35.4 Å². The summed E-state index contributed by atoms with van der Waals surface area (Å²) >= 11 is 1.55. The van der Waals surface area contributed by atoms with Crippen molar-refractivity contribution in [1.29, 1.82) is 5.26 Å². The van der Waals surface area contributed by atoms with E-state index in [0.717, 1.165) is 11.3 Å². The number of carbonyl (C=O) groups is 1. The maximum atomic E-state index is 11.4. The molecule has 0 saturated carbocycles. The Hall–Kier alpha value is -1.47. The molecule has 0 heterocycles.